The monoisotopic (exact) mass is 472 g/mol. The lowest BCUT2D eigenvalue weighted by Crippen LogP contribution is -2.50. The molecule has 1 N–H and O–H groups in total. The SMILES string of the molecule is Cc1sc2nc(CN3CCC(C)CC3)nc(N3CCN(CC(=O)NCC(C)C)CC3)c2c1C. The number of likely N-dealkylation sites (tertiary alicyclic amines) is 1. The third-order valence-corrected chi connectivity index (χ3v) is 8.14. The maximum atomic E-state index is 12.3. The lowest BCUT2D eigenvalue weighted by molar-refractivity contribution is -0.122. The first-order valence-corrected chi connectivity index (χ1v) is 13.3. The zero-order valence-corrected chi connectivity index (χ0v) is 21.8. The zero-order chi connectivity index (χ0) is 23.5. The predicted octanol–water partition coefficient (Wildman–Crippen LogP) is 3.43. The van der Waals surface area contributed by atoms with Crippen LogP contribution in [0.5, 0.6) is 0 Å². The number of piperazine rings is 1. The topological polar surface area (TPSA) is 64.6 Å². The van der Waals surface area contributed by atoms with Crippen molar-refractivity contribution < 1.29 is 4.79 Å². The molecule has 0 unspecified atom stereocenters. The Morgan fingerprint density at radius 3 is 2.42 bits per heavy atom. The fourth-order valence-electron chi connectivity index (χ4n) is 4.69. The van der Waals surface area contributed by atoms with Gasteiger partial charge in [-0.05, 0) is 57.2 Å². The smallest absolute Gasteiger partial charge is 0.234 e. The molecule has 0 aliphatic carbocycles. The van der Waals surface area contributed by atoms with Gasteiger partial charge in [-0.3, -0.25) is 14.6 Å². The summed E-state index contributed by atoms with van der Waals surface area (Å²) in [7, 11) is 0. The average molecular weight is 473 g/mol. The summed E-state index contributed by atoms with van der Waals surface area (Å²) in [4.78, 5) is 32.0. The predicted molar refractivity (Wildman–Crippen MR) is 137 cm³/mol. The minimum atomic E-state index is 0.129. The van der Waals surface area contributed by atoms with Gasteiger partial charge in [0.05, 0.1) is 18.5 Å². The third kappa shape index (κ3) is 6.03. The molecule has 0 radical (unpaired) electrons. The first-order chi connectivity index (χ1) is 15.8. The van der Waals surface area contributed by atoms with Crippen LogP contribution >= 0.6 is 11.3 Å². The summed E-state index contributed by atoms with van der Waals surface area (Å²) in [6.45, 7) is 18.8. The summed E-state index contributed by atoms with van der Waals surface area (Å²) in [5, 5.41) is 4.26. The molecule has 33 heavy (non-hydrogen) atoms. The van der Waals surface area contributed by atoms with E-state index in [-0.39, 0.29) is 5.91 Å². The highest BCUT2D eigenvalue weighted by Gasteiger charge is 2.25. The van der Waals surface area contributed by atoms with Crippen molar-refractivity contribution in [3.63, 3.8) is 0 Å². The number of hydrogen-bond acceptors (Lipinski definition) is 7. The maximum Gasteiger partial charge on any atom is 0.234 e. The summed E-state index contributed by atoms with van der Waals surface area (Å²) in [6.07, 6.45) is 2.53. The van der Waals surface area contributed by atoms with E-state index in [1.807, 2.05) is 0 Å². The number of anilines is 1. The number of aromatic nitrogens is 2. The number of hydrogen-bond donors (Lipinski definition) is 1. The van der Waals surface area contributed by atoms with Crippen molar-refractivity contribution in [3.05, 3.63) is 16.3 Å². The van der Waals surface area contributed by atoms with Crippen LogP contribution in [0.1, 0.15) is 49.9 Å². The average Bonchev–Trinajstić information content (AvgIpc) is 3.07. The van der Waals surface area contributed by atoms with Gasteiger partial charge < -0.3 is 10.2 Å². The van der Waals surface area contributed by atoms with Crippen LogP contribution in [0.25, 0.3) is 10.2 Å². The van der Waals surface area contributed by atoms with Gasteiger partial charge in [0.25, 0.3) is 0 Å². The number of rotatable bonds is 7. The highest BCUT2D eigenvalue weighted by atomic mass is 32.1. The van der Waals surface area contributed by atoms with Crippen LogP contribution in [0.3, 0.4) is 0 Å². The van der Waals surface area contributed by atoms with E-state index in [2.05, 4.69) is 54.6 Å². The van der Waals surface area contributed by atoms with Gasteiger partial charge in [0.1, 0.15) is 16.5 Å². The Labute approximate surface area is 202 Å². The van der Waals surface area contributed by atoms with E-state index in [9.17, 15) is 4.79 Å². The standard InChI is InChI=1S/C25H40N6OS/c1-17(2)14-26-22(32)16-30-10-12-31(13-11-30)24-23-19(4)20(5)33-25(23)28-21(27-24)15-29-8-6-18(3)7-9-29/h17-18H,6-16H2,1-5H3,(H,26,32). The van der Waals surface area contributed by atoms with Crippen LogP contribution in [0.4, 0.5) is 5.82 Å². The number of thiophene rings is 1. The Hall–Kier alpha value is -1.77. The molecule has 7 nitrogen and oxygen atoms in total. The molecule has 2 saturated heterocycles. The normalized spacial score (nSPS) is 19.0. The Bertz CT molecular complexity index is 957. The summed E-state index contributed by atoms with van der Waals surface area (Å²) in [5.41, 5.74) is 1.30. The Balaban J connectivity index is 1.47. The molecule has 0 spiro atoms. The fraction of sp³-hybridized carbons (Fsp3) is 0.720. The molecule has 2 fully saturated rings. The van der Waals surface area contributed by atoms with E-state index >= 15 is 0 Å². The molecule has 0 saturated carbocycles. The van der Waals surface area contributed by atoms with Crippen molar-refractivity contribution in [2.24, 2.45) is 11.8 Å². The number of carbonyl (C=O) groups is 1. The van der Waals surface area contributed by atoms with E-state index in [0.717, 1.165) is 74.7 Å². The van der Waals surface area contributed by atoms with Gasteiger partial charge in [-0.25, -0.2) is 9.97 Å². The van der Waals surface area contributed by atoms with Crippen molar-refractivity contribution in [2.75, 3.05) is 57.3 Å². The lowest BCUT2D eigenvalue weighted by atomic mass is 9.99. The molecule has 0 atom stereocenters. The number of aryl methyl sites for hydroxylation is 2. The second-order valence-corrected chi connectivity index (χ2v) is 11.5. The van der Waals surface area contributed by atoms with Gasteiger partial charge in [-0.2, -0.15) is 0 Å². The number of carbonyl (C=O) groups excluding carboxylic acids is 1. The second kappa shape index (κ2) is 10.7. The van der Waals surface area contributed by atoms with Crippen molar-refractivity contribution in [1.29, 1.82) is 0 Å². The van der Waals surface area contributed by atoms with Crippen LogP contribution in [0.15, 0.2) is 0 Å². The van der Waals surface area contributed by atoms with E-state index in [1.165, 1.54) is 28.7 Å². The molecule has 1 amide bonds. The second-order valence-electron chi connectivity index (χ2n) is 10.3. The lowest BCUT2D eigenvalue weighted by Gasteiger charge is -2.35. The number of fused-ring (bicyclic) bond motifs is 1. The highest BCUT2D eigenvalue weighted by Crippen LogP contribution is 2.35. The van der Waals surface area contributed by atoms with Crippen LogP contribution in [0.2, 0.25) is 0 Å². The van der Waals surface area contributed by atoms with Gasteiger partial charge in [-0.15, -0.1) is 11.3 Å². The van der Waals surface area contributed by atoms with Crippen LogP contribution in [-0.4, -0.2) is 78.0 Å². The molecule has 182 valence electrons. The molecule has 2 aliphatic heterocycles. The number of nitrogens with zero attached hydrogens (tertiary/aromatic N) is 5. The molecule has 2 aliphatic rings. The van der Waals surface area contributed by atoms with Crippen molar-refractivity contribution in [3.8, 4) is 0 Å². The molecule has 2 aromatic heterocycles. The minimum absolute atomic E-state index is 0.129. The van der Waals surface area contributed by atoms with Crippen molar-refractivity contribution >= 4 is 33.3 Å². The fourth-order valence-corrected chi connectivity index (χ4v) is 5.73. The van der Waals surface area contributed by atoms with E-state index < -0.39 is 0 Å². The van der Waals surface area contributed by atoms with Gasteiger partial charge in [0.2, 0.25) is 5.91 Å². The highest BCUT2D eigenvalue weighted by molar-refractivity contribution is 7.18. The number of amides is 1. The molecule has 0 bridgehead atoms. The number of piperidine rings is 1. The van der Waals surface area contributed by atoms with Gasteiger partial charge in [0.15, 0.2) is 0 Å². The molecular formula is C25H40N6OS. The quantitative estimate of drug-likeness (QED) is 0.666. The molecule has 2 aromatic rings. The first-order valence-electron chi connectivity index (χ1n) is 12.5. The number of nitrogens with one attached hydrogen (secondary N) is 1. The summed E-state index contributed by atoms with van der Waals surface area (Å²) < 4.78 is 0. The summed E-state index contributed by atoms with van der Waals surface area (Å²) in [5.74, 6) is 3.47. The van der Waals surface area contributed by atoms with E-state index in [4.69, 9.17) is 9.97 Å². The Morgan fingerprint density at radius 1 is 1.06 bits per heavy atom. The first kappa shape index (κ1) is 24.4. The Morgan fingerprint density at radius 2 is 1.76 bits per heavy atom. The molecule has 4 heterocycles. The van der Waals surface area contributed by atoms with Gasteiger partial charge in [0, 0.05) is 37.6 Å². The van der Waals surface area contributed by atoms with Crippen LogP contribution in [0, 0.1) is 25.7 Å². The molecule has 0 aromatic carbocycles. The van der Waals surface area contributed by atoms with Gasteiger partial charge >= 0.3 is 0 Å². The third-order valence-electron chi connectivity index (χ3n) is 7.04. The minimum Gasteiger partial charge on any atom is -0.355 e. The zero-order valence-electron chi connectivity index (χ0n) is 21.0. The largest absolute Gasteiger partial charge is 0.355 e. The Kier molecular flexibility index (Phi) is 7.87. The van der Waals surface area contributed by atoms with Crippen LogP contribution in [-0.2, 0) is 11.3 Å². The molecular weight excluding hydrogens is 432 g/mol. The molecule has 8 heteroatoms. The van der Waals surface area contributed by atoms with Crippen molar-refractivity contribution in [2.45, 2.75) is 54.0 Å². The van der Waals surface area contributed by atoms with Crippen LogP contribution < -0.4 is 10.2 Å². The van der Waals surface area contributed by atoms with E-state index in [1.54, 1.807) is 11.3 Å². The maximum absolute atomic E-state index is 12.3. The summed E-state index contributed by atoms with van der Waals surface area (Å²) >= 11 is 1.79. The van der Waals surface area contributed by atoms with Crippen molar-refractivity contribution in [1.82, 2.24) is 25.1 Å². The van der Waals surface area contributed by atoms with Gasteiger partial charge in [-0.1, -0.05) is 20.8 Å². The summed E-state index contributed by atoms with van der Waals surface area (Å²) in [6, 6.07) is 0. The molecule has 4 rings (SSSR count). The van der Waals surface area contributed by atoms with E-state index in [0.29, 0.717) is 12.5 Å².